The van der Waals surface area contributed by atoms with Gasteiger partial charge in [0.25, 0.3) is 0 Å². The number of hydrogen-bond donors (Lipinski definition) is 2. The number of aromatic nitrogens is 2. The summed E-state index contributed by atoms with van der Waals surface area (Å²) < 4.78 is 0. The van der Waals surface area contributed by atoms with Crippen molar-refractivity contribution in [2.45, 2.75) is 32.7 Å². The van der Waals surface area contributed by atoms with Gasteiger partial charge < -0.3 is 10.7 Å². The number of nitrogens with one attached hydrogen (secondary N) is 1. The molecule has 1 atom stereocenters. The van der Waals surface area contributed by atoms with Crippen molar-refractivity contribution in [3.8, 4) is 0 Å². The normalized spacial score (nSPS) is 12.6. The van der Waals surface area contributed by atoms with Crippen LogP contribution >= 0.6 is 12.4 Å². The SMILES string of the molecule is CC(C)C[C@H](N)Cc1ncc[nH]1.Cl. The predicted octanol–water partition coefficient (Wildman–Crippen LogP) is 1.75. The minimum absolute atomic E-state index is 0. The van der Waals surface area contributed by atoms with Crippen molar-refractivity contribution in [1.82, 2.24) is 9.97 Å². The van der Waals surface area contributed by atoms with Crippen LogP contribution in [0.5, 0.6) is 0 Å². The lowest BCUT2D eigenvalue weighted by Gasteiger charge is -2.11. The highest BCUT2D eigenvalue weighted by Crippen LogP contribution is 2.05. The Labute approximate surface area is 85.5 Å². The van der Waals surface area contributed by atoms with Crippen LogP contribution in [0.3, 0.4) is 0 Å². The monoisotopic (exact) mass is 203 g/mol. The van der Waals surface area contributed by atoms with Crippen LogP contribution in [0.2, 0.25) is 0 Å². The summed E-state index contributed by atoms with van der Waals surface area (Å²) in [4.78, 5) is 7.18. The van der Waals surface area contributed by atoms with Crippen molar-refractivity contribution in [3.63, 3.8) is 0 Å². The molecule has 0 aromatic carbocycles. The molecule has 0 unspecified atom stereocenters. The molecule has 1 aromatic heterocycles. The van der Waals surface area contributed by atoms with Crippen LogP contribution < -0.4 is 5.73 Å². The zero-order valence-electron chi connectivity index (χ0n) is 8.16. The number of nitrogens with zero attached hydrogens (tertiary/aromatic N) is 1. The fourth-order valence-electron chi connectivity index (χ4n) is 1.35. The van der Waals surface area contributed by atoms with Gasteiger partial charge in [-0.15, -0.1) is 12.4 Å². The molecule has 0 aliphatic heterocycles. The van der Waals surface area contributed by atoms with Crippen LogP contribution in [-0.4, -0.2) is 16.0 Å². The number of imidazole rings is 1. The molecule has 1 aromatic rings. The Morgan fingerprint density at radius 1 is 1.54 bits per heavy atom. The van der Waals surface area contributed by atoms with Crippen molar-refractivity contribution in [2.24, 2.45) is 11.7 Å². The molecule has 0 saturated heterocycles. The minimum atomic E-state index is 0. The first-order chi connectivity index (χ1) is 5.68. The van der Waals surface area contributed by atoms with E-state index in [2.05, 4.69) is 23.8 Å². The molecule has 13 heavy (non-hydrogen) atoms. The van der Waals surface area contributed by atoms with E-state index in [-0.39, 0.29) is 18.4 Å². The molecule has 4 heteroatoms. The molecule has 0 amide bonds. The molecule has 0 saturated carbocycles. The Morgan fingerprint density at radius 3 is 2.69 bits per heavy atom. The standard InChI is InChI=1S/C9H17N3.ClH/c1-7(2)5-8(10)6-9-11-3-4-12-9;/h3-4,7-8H,5-6,10H2,1-2H3,(H,11,12);1H/t8-;/m0./s1. The number of nitrogens with two attached hydrogens (primary N) is 1. The second kappa shape index (κ2) is 6.00. The van der Waals surface area contributed by atoms with E-state index in [1.54, 1.807) is 6.20 Å². The highest BCUT2D eigenvalue weighted by atomic mass is 35.5. The molecular weight excluding hydrogens is 186 g/mol. The molecule has 1 rings (SSSR count). The van der Waals surface area contributed by atoms with Gasteiger partial charge in [0.1, 0.15) is 5.82 Å². The average Bonchev–Trinajstić information content (AvgIpc) is 2.37. The van der Waals surface area contributed by atoms with Crippen LogP contribution in [-0.2, 0) is 6.42 Å². The summed E-state index contributed by atoms with van der Waals surface area (Å²) in [6.45, 7) is 4.37. The molecule has 0 radical (unpaired) electrons. The number of aromatic amines is 1. The third kappa shape index (κ3) is 4.90. The molecule has 0 aliphatic rings. The Morgan fingerprint density at radius 2 is 2.23 bits per heavy atom. The van der Waals surface area contributed by atoms with E-state index in [9.17, 15) is 0 Å². The van der Waals surface area contributed by atoms with Gasteiger partial charge in [-0.1, -0.05) is 13.8 Å². The van der Waals surface area contributed by atoms with Crippen molar-refractivity contribution < 1.29 is 0 Å². The van der Waals surface area contributed by atoms with Crippen LogP contribution in [0.25, 0.3) is 0 Å². The second-order valence-electron chi connectivity index (χ2n) is 3.63. The summed E-state index contributed by atoms with van der Waals surface area (Å²) in [6.07, 6.45) is 5.50. The van der Waals surface area contributed by atoms with E-state index in [1.165, 1.54) is 0 Å². The quantitative estimate of drug-likeness (QED) is 0.784. The molecule has 0 bridgehead atoms. The zero-order chi connectivity index (χ0) is 8.97. The Bertz CT molecular complexity index is 209. The van der Waals surface area contributed by atoms with Crippen LogP contribution in [0, 0.1) is 5.92 Å². The van der Waals surface area contributed by atoms with Crippen LogP contribution in [0.1, 0.15) is 26.1 Å². The van der Waals surface area contributed by atoms with Gasteiger partial charge in [-0.25, -0.2) is 4.98 Å². The van der Waals surface area contributed by atoms with Gasteiger partial charge in [-0.2, -0.15) is 0 Å². The summed E-state index contributed by atoms with van der Waals surface area (Å²) in [5.74, 6) is 1.65. The van der Waals surface area contributed by atoms with Gasteiger partial charge >= 0.3 is 0 Å². The van der Waals surface area contributed by atoms with E-state index in [0.29, 0.717) is 5.92 Å². The lowest BCUT2D eigenvalue weighted by molar-refractivity contribution is 0.488. The summed E-state index contributed by atoms with van der Waals surface area (Å²) in [6, 6.07) is 0.233. The average molecular weight is 204 g/mol. The first-order valence-electron chi connectivity index (χ1n) is 4.42. The smallest absolute Gasteiger partial charge is 0.107 e. The summed E-state index contributed by atoms with van der Waals surface area (Å²) in [7, 11) is 0. The van der Waals surface area contributed by atoms with Crippen LogP contribution in [0.15, 0.2) is 12.4 Å². The number of halogens is 1. The van der Waals surface area contributed by atoms with E-state index < -0.39 is 0 Å². The number of hydrogen-bond acceptors (Lipinski definition) is 2. The fraction of sp³-hybridized carbons (Fsp3) is 0.667. The number of rotatable bonds is 4. The first-order valence-corrected chi connectivity index (χ1v) is 4.42. The molecule has 3 N–H and O–H groups in total. The van der Waals surface area contributed by atoms with Gasteiger partial charge in [-0.3, -0.25) is 0 Å². The highest BCUT2D eigenvalue weighted by molar-refractivity contribution is 5.85. The van der Waals surface area contributed by atoms with Crippen molar-refractivity contribution in [3.05, 3.63) is 18.2 Å². The molecular formula is C9H18ClN3. The Kier molecular flexibility index (Phi) is 5.75. The number of H-pyrrole nitrogens is 1. The van der Waals surface area contributed by atoms with Crippen molar-refractivity contribution in [1.29, 1.82) is 0 Å². The Balaban J connectivity index is 0.00000144. The third-order valence-electron chi connectivity index (χ3n) is 1.78. The Hall–Kier alpha value is -0.540. The van der Waals surface area contributed by atoms with Crippen molar-refractivity contribution in [2.75, 3.05) is 0 Å². The van der Waals surface area contributed by atoms with E-state index >= 15 is 0 Å². The van der Waals surface area contributed by atoms with E-state index in [1.807, 2.05) is 6.20 Å². The maximum absolute atomic E-state index is 5.91. The molecule has 0 fully saturated rings. The van der Waals surface area contributed by atoms with Gasteiger partial charge in [0.05, 0.1) is 0 Å². The molecule has 0 spiro atoms. The zero-order valence-corrected chi connectivity index (χ0v) is 8.97. The van der Waals surface area contributed by atoms with E-state index in [4.69, 9.17) is 5.73 Å². The summed E-state index contributed by atoms with van der Waals surface area (Å²) >= 11 is 0. The lowest BCUT2D eigenvalue weighted by Crippen LogP contribution is -2.25. The first kappa shape index (κ1) is 12.5. The van der Waals surface area contributed by atoms with Gasteiger partial charge in [0.2, 0.25) is 0 Å². The highest BCUT2D eigenvalue weighted by Gasteiger charge is 2.07. The minimum Gasteiger partial charge on any atom is -0.349 e. The lowest BCUT2D eigenvalue weighted by atomic mass is 10.0. The molecule has 1 heterocycles. The third-order valence-corrected chi connectivity index (χ3v) is 1.78. The van der Waals surface area contributed by atoms with Crippen LogP contribution in [0.4, 0.5) is 0 Å². The molecule has 76 valence electrons. The summed E-state index contributed by atoms with van der Waals surface area (Å²) in [5.41, 5.74) is 5.91. The van der Waals surface area contributed by atoms with Gasteiger partial charge in [-0.05, 0) is 12.3 Å². The maximum atomic E-state index is 5.91. The second-order valence-corrected chi connectivity index (χ2v) is 3.63. The summed E-state index contributed by atoms with van der Waals surface area (Å²) in [5, 5.41) is 0. The van der Waals surface area contributed by atoms with Gasteiger partial charge in [0, 0.05) is 24.9 Å². The predicted molar refractivity (Wildman–Crippen MR) is 57.0 cm³/mol. The van der Waals surface area contributed by atoms with Crippen molar-refractivity contribution >= 4 is 12.4 Å². The van der Waals surface area contributed by atoms with E-state index in [0.717, 1.165) is 18.7 Å². The topological polar surface area (TPSA) is 54.7 Å². The molecule has 3 nitrogen and oxygen atoms in total. The largest absolute Gasteiger partial charge is 0.349 e. The van der Waals surface area contributed by atoms with Gasteiger partial charge in [0.15, 0.2) is 0 Å². The molecule has 0 aliphatic carbocycles. The fourth-order valence-corrected chi connectivity index (χ4v) is 1.35. The maximum Gasteiger partial charge on any atom is 0.107 e.